The molecule has 9 heteroatoms. The molecule has 0 spiro atoms. The topological polar surface area (TPSA) is 120 Å². The van der Waals surface area contributed by atoms with Gasteiger partial charge in [0.2, 0.25) is 15.9 Å². The van der Waals surface area contributed by atoms with Crippen LogP contribution in [0.25, 0.3) is 0 Å². The van der Waals surface area contributed by atoms with Crippen molar-refractivity contribution in [2.45, 2.75) is 11.3 Å². The summed E-state index contributed by atoms with van der Waals surface area (Å²) in [6.07, 6.45) is 0.0342. The summed E-state index contributed by atoms with van der Waals surface area (Å²) in [7, 11) is -0.842. The van der Waals surface area contributed by atoms with Gasteiger partial charge < -0.3 is 20.5 Å². The number of carbonyl (C=O) groups is 1. The van der Waals surface area contributed by atoms with E-state index in [1.807, 2.05) is 0 Å². The summed E-state index contributed by atoms with van der Waals surface area (Å²) in [6.45, 7) is 0.692. The summed E-state index contributed by atoms with van der Waals surface area (Å²) in [5, 5.41) is 2.56. The van der Waals surface area contributed by atoms with E-state index in [0.29, 0.717) is 24.6 Å². The standard InChI is InChI=1S/C13H21N3O5S/c1-20-11-4-3-10(9-12(11)21-2)22(18,19)16-7-5-13(17)15-8-6-14/h3-4,9,16H,5-8,14H2,1-2H3,(H,15,17). The fourth-order valence-corrected chi connectivity index (χ4v) is 2.71. The Labute approximate surface area is 130 Å². The van der Waals surface area contributed by atoms with Crippen LogP contribution in [0.4, 0.5) is 0 Å². The highest BCUT2D eigenvalue weighted by Crippen LogP contribution is 2.29. The van der Waals surface area contributed by atoms with Gasteiger partial charge in [0.15, 0.2) is 11.5 Å². The average Bonchev–Trinajstić information content (AvgIpc) is 2.51. The minimum Gasteiger partial charge on any atom is -0.493 e. The van der Waals surface area contributed by atoms with E-state index in [1.165, 1.54) is 32.4 Å². The first kappa shape index (κ1) is 18.2. The maximum absolute atomic E-state index is 12.1. The van der Waals surface area contributed by atoms with Gasteiger partial charge in [-0.3, -0.25) is 4.79 Å². The second kappa shape index (κ2) is 8.57. The van der Waals surface area contributed by atoms with Gasteiger partial charge in [0.25, 0.3) is 0 Å². The molecule has 0 aliphatic rings. The molecule has 0 aromatic heterocycles. The lowest BCUT2D eigenvalue weighted by molar-refractivity contribution is -0.120. The van der Waals surface area contributed by atoms with Crippen LogP contribution < -0.4 is 25.2 Å². The second-order valence-corrected chi connectivity index (χ2v) is 6.07. The number of benzene rings is 1. The zero-order valence-corrected chi connectivity index (χ0v) is 13.4. The van der Waals surface area contributed by atoms with Crippen LogP contribution in [0.3, 0.4) is 0 Å². The van der Waals surface area contributed by atoms with E-state index in [1.54, 1.807) is 0 Å². The summed E-state index contributed by atoms with van der Waals surface area (Å²) in [5.74, 6) is 0.481. The van der Waals surface area contributed by atoms with Crippen LogP contribution in [-0.2, 0) is 14.8 Å². The molecule has 4 N–H and O–H groups in total. The Morgan fingerprint density at radius 1 is 1.18 bits per heavy atom. The number of hydrogen-bond donors (Lipinski definition) is 3. The lowest BCUT2D eigenvalue weighted by atomic mass is 10.3. The molecule has 0 saturated carbocycles. The normalized spacial score (nSPS) is 11.0. The SMILES string of the molecule is COc1ccc(S(=O)(=O)NCCC(=O)NCCN)cc1OC. The van der Waals surface area contributed by atoms with Crippen molar-refractivity contribution in [3.63, 3.8) is 0 Å². The van der Waals surface area contributed by atoms with Crippen molar-refractivity contribution in [1.29, 1.82) is 0 Å². The first-order valence-corrected chi connectivity index (χ1v) is 8.11. The minimum atomic E-state index is -3.72. The van der Waals surface area contributed by atoms with Crippen molar-refractivity contribution in [2.24, 2.45) is 5.73 Å². The van der Waals surface area contributed by atoms with E-state index in [2.05, 4.69) is 10.0 Å². The first-order valence-electron chi connectivity index (χ1n) is 6.63. The summed E-state index contributed by atoms with van der Waals surface area (Å²) in [6, 6.07) is 4.26. The molecule has 0 bridgehead atoms. The third-order valence-corrected chi connectivity index (χ3v) is 4.23. The third kappa shape index (κ3) is 5.17. The number of ether oxygens (including phenoxy) is 2. The quantitative estimate of drug-likeness (QED) is 0.558. The van der Waals surface area contributed by atoms with Crippen molar-refractivity contribution in [3.8, 4) is 11.5 Å². The van der Waals surface area contributed by atoms with Crippen LogP contribution in [0.15, 0.2) is 23.1 Å². The summed E-state index contributed by atoms with van der Waals surface area (Å²) in [5.41, 5.74) is 5.25. The van der Waals surface area contributed by atoms with Gasteiger partial charge in [-0.05, 0) is 12.1 Å². The van der Waals surface area contributed by atoms with E-state index in [0.717, 1.165) is 0 Å². The lowest BCUT2D eigenvalue weighted by Gasteiger charge is -2.11. The molecule has 1 aromatic rings. The number of carbonyl (C=O) groups excluding carboxylic acids is 1. The first-order chi connectivity index (χ1) is 10.4. The van der Waals surface area contributed by atoms with Gasteiger partial charge in [0.05, 0.1) is 19.1 Å². The Bertz CT molecular complexity index is 604. The van der Waals surface area contributed by atoms with Crippen LogP contribution in [0.2, 0.25) is 0 Å². The maximum Gasteiger partial charge on any atom is 0.240 e. The molecule has 124 valence electrons. The predicted molar refractivity (Wildman–Crippen MR) is 81.4 cm³/mol. The van der Waals surface area contributed by atoms with E-state index in [-0.39, 0.29) is 23.8 Å². The van der Waals surface area contributed by atoms with E-state index < -0.39 is 10.0 Å². The van der Waals surface area contributed by atoms with Gasteiger partial charge in [-0.1, -0.05) is 0 Å². The molecule has 22 heavy (non-hydrogen) atoms. The summed E-state index contributed by atoms with van der Waals surface area (Å²) < 4.78 is 36.7. The van der Waals surface area contributed by atoms with Gasteiger partial charge in [0.1, 0.15) is 0 Å². The lowest BCUT2D eigenvalue weighted by Crippen LogP contribution is -2.33. The fraction of sp³-hybridized carbons (Fsp3) is 0.462. The van der Waals surface area contributed by atoms with Crippen molar-refractivity contribution >= 4 is 15.9 Å². The number of sulfonamides is 1. The largest absolute Gasteiger partial charge is 0.493 e. The fourth-order valence-electron chi connectivity index (χ4n) is 1.67. The molecule has 0 atom stereocenters. The molecule has 0 radical (unpaired) electrons. The van der Waals surface area contributed by atoms with Gasteiger partial charge in [0, 0.05) is 32.1 Å². The van der Waals surface area contributed by atoms with Gasteiger partial charge in [-0.2, -0.15) is 0 Å². The van der Waals surface area contributed by atoms with Crippen LogP contribution in [0.5, 0.6) is 11.5 Å². The van der Waals surface area contributed by atoms with Crippen molar-refractivity contribution < 1.29 is 22.7 Å². The van der Waals surface area contributed by atoms with Crippen LogP contribution in [0.1, 0.15) is 6.42 Å². The third-order valence-electron chi connectivity index (χ3n) is 2.78. The molecule has 1 amide bonds. The van der Waals surface area contributed by atoms with E-state index in [4.69, 9.17) is 15.2 Å². The molecule has 0 aliphatic carbocycles. The number of hydrogen-bond acceptors (Lipinski definition) is 6. The molecule has 0 saturated heterocycles. The monoisotopic (exact) mass is 331 g/mol. The van der Waals surface area contributed by atoms with E-state index >= 15 is 0 Å². The Balaban J connectivity index is 2.68. The predicted octanol–water partition coefficient (Wildman–Crippen LogP) is -0.553. The minimum absolute atomic E-state index is 0.00686. The number of nitrogens with two attached hydrogens (primary N) is 1. The van der Waals surface area contributed by atoms with Gasteiger partial charge in [-0.25, -0.2) is 13.1 Å². The summed E-state index contributed by atoms with van der Waals surface area (Å²) >= 11 is 0. The molecule has 0 heterocycles. The number of methoxy groups -OCH3 is 2. The van der Waals surface area contributed by atoms with Gasteiger partial charge in [-0.15, -0.1) is 0 Å². The van der Waals surface area contributed by atoms with Crippen LogP contribution in [0, 0.1) is 0 Å². The van der Waals surface area contributed by atoms with Crippen LogP contribution >= 0.6 is 0 Å². The average molecular weight is 331 g/mol. The molecular formula is C13H21N3O5S. The zero-order chi connectivity index (χ0) is 16.6. The van der Waals surface area contributed by atoms with Crippen molar-refractivity contribution in [1.82, 2.24) is 10.0 Å². The Morgan fingerprint density at radius 2 is 1.86 bits per heavy atom. The highest BCUT2D eigenvalue weighted by molar-refractivity contribution is 7.89. The smallest absolute Gasteiger partial charge is 0.240 e. The maximum atomic E-state index is 12.1. The number of nitrogens with one attached hydrogen (secondary N) is 2. The molecule has 0 aliphatic heterocycles. The molecule has 1 rings (SSSR count). The zero-order valence-electron chi connectivity index (χ0n) is 12.6. The van der Waals surface area contributed by atoms with Crippen LogP contribution in [-0.4, -0.2) is 48.2 Å². The second-order valence-electron chi connectivity index (χ2n) is 4.30. The number of amides is 1. The Morgan fingerprint density at radius 3 is 2.45 bits per heavy atom. The molecule has 1 aromatic carbocycles. The molecule has 8 nitrogen and oxygen atoms in total. The van der Waals surface area contributed by atoms with Crippen molar-refractivity contribution in [2.75, 3.05) is 33.9 Å². The number of rotatable bonds is 9. The van der Waals surface area contributed by atoms with Crippen molar-refractivity contribution in [3.05, 3.63) is 18.2 Å². The highest BCUT2D eigenvalue weighted by Gasteiger charge is 2.17. The molecule has 0 fully saturated rings. The Hall–Kier alpha value is -1.84. The molecular weight excluding hydrogens is 310 g/mol. The summed E-state index contributed by atoms with van der Waals surface area (Å²) in [4.78, 5) is 11.4. The molecule has 0 unspecified atom stereocenters. The van der Waals surface area contributed by atoms with Gasteiger partial charge >= 0.3 is 0 Å². The Kier molecular flexibility index (Phi) is 7.09. The highest BCUT2D eigenvalue weighted by atomic mass is 32.2. The van der Waals surface area contributed by atoms with E-state index in [9.17, 15) is 13.2 Å².